The Balaban J connectivity index is 1.25. The summed E-state index contributed by atoms with van der Waals surface area (Å²) in [5.41, 5.74) is -1.05. The number of carboxylic acid groups (broad SMARTS) is 1. The van der Waals surface area contributed by atoms with Crippen LogP contribution in [0.2, 0.25) is 0 Å². The molecule has 0 bridgehead atoms. The van der Waals surface area contributed by atoms with Gasteiger partial charge < -0.3 is 25.6 Å². The van der Waals surface area contributed by atoms with E-state index in [0.29, 0.717) is 28.0 Å². The highest BCUT2D eigenvalue weighted by atomic mass is 19.1. The van der Waals surface area contributed by atoms with Crippen LogP contribution in [0.3, 0.4) is 0 Å². The van der Waals surface area contributed by atoms with Crippen LogP contribution >= 0.6 is 0 Å². The lowest BCUT2D eigenvalue weighted by molar-refractivity contribution is -0.142. The number of aliphatic hydroxyl groups excluding tert-OH is 1. The minimum atomic E-state index is -2.01. The first-order chi connectivity index (χ1) is 19.9. The smallest absolute Gasteiger partial charge is 0.313 e. The molecule has 1 spiro atoms. The molecule has 3 saturated carbocycles. The van der Waals surface area contributed by atoms with Crippen LogP contribution < -0.4 is 15.4 Å². The lowest BCUT2D eigenvalue weighted by Crippen LogP contribution is -2.51. The fraction of sp³-hybridized carbons (Fsp3) is 0.576. The molecular weight excluding hydrogens is 542 g/mol. The van der Waals surface area contributed by atoms with E-state index in [1.807, 2.05) is 6.07 Å². The van der Waals surface area contributed by atoms with Gasteiger partial charge in [0, 0.05) is 36.9 Å². The lowest BCUT2D eigenvalue weighted by Gasteiger charge is -2.38. The number of ether oxygens (including phenoxy) is 1. The SMILES string of the molecule is CC(C)(C(=O)O)c1ccc(O[C@@H]2C[C@@H](O)[C@@H](NC(=O)[C@@]3(F)CNC4(CCC4)C3)C2)c(-c2cccc(F)c2C2CCC2)c1. The Morgan fingerprint density at radius 1 is 1.10 bits per heavy atom. The first-order valence-corrected chi connectivity index (χ1v) is 15.2. The van der Waals surface area contributed by atoms with Crippen LogP contribution in [0.15, 0.2) is 36.4 Å². The normalized spacial score (nSPS) is 28.7. The number of carboxylic acids is 1. The molecule has 9 heteroatoms. The highest BCUT2D eigenvalue weighted by Gasteiger charge is 2.56. The number of aliphatic hydroxyl groups is 1. The van der Waals surface area contributed by atoms with Crippen LogP contribution in [-0.4, -0.2) is 58.1 Å². The summed E-state index contributed by atoms with van der Waals surface area (Å²) in [6, 6.07) is 9.46. The molecule has 2 aromatic carbocycles. The van der Waals surface area contributed by atoms with Gasteiger partial charge in [0.2, 0.25) is 5.67 Å². The summed E-state index contributed by atoms with van der Waals surface area (Å²) >= 11 is 0. The number of rotatable bonds is 8. The van der Waals surface area contributed by atoms with Gasteiger partial charge in [-0.05, 0) is 86.8 Å². The second-order valence-electron chi connectivity index (χ2n) is 13.5. The number of hydrogen-bond donors (Lipinski definition) is 4. The molecule has 3 aliphatic carbocycles. The number of carbonyl (C=O) groups excluding carboxylic acids is 1. The van der Waals surface area contributed by atoms with Gasteiger partial charge in [0.15, 0.2) is 0 Å². The lowest BCUT2D eigenvalue weighted by atomic mass is 9.74. The van der Waals surface area contributed by atoms with Gasteiger partial charge in [0.05, 0.1) is 17.6 Å². The van der Waals surface area contributed by atoms with Crippen molar-refractivity contribution >= 4 is 11.9 Å². The van der Waals surface area contributed by atoms with E-state index in [4.69, 9.17) is 4.74 Å². The van der Waals surface area contributed by atoms with Crippen LogP contribution in [0.4, 0.5) is 8.78 Å². The number of benzene rings is 2. The van der Waals surface area contributed by atoms with Gasteiger partial charge in [-0.3, -0.25) is 9.59 Å². The second-order valence-corrected chi connectivity index (χ2v) is 13.5. The van der Waals surface area contributed by atoms with E-state index in [-0.39, 0.29) is 43.1 Å². The van der Waals surface area contributed by atoms with Crippen molar-refractivity contribution in [2.24, 2.45) is 0 Å². The average Bonchev–Trinajstić information content (AvgIpc) is 3.44. The predicted octanol–water partition coefficient (Wildman–Crippen LogP) is 5.13. The topological polar surface area (TPSA) is 108 Å². The van der Waals surface area contributed by atoms with Crippen LogP contribution in [0.5, 0.6) is 5.75 Å². The molecule has 7 nitrogen and oxygen atoms in total. The van der Waals surface area contributed by atoms with Gasteiger partial charge in [-0.25, -0.2) is 8.78 Å². The molecule has 1 amide bonds. The Labute approximate surface area is 245 Å². The molecule has 226 valence electrons. The van der Waals surface area contributed by atoms with Crippen LogP contribution in [-0.2, 0) is 15.0 Å². The highest BCUT2D eigenvalue weighted by Crippen LogP contribution is 2.47. The van der Waals surface area contributed by atoms with Crippen molar-refractivity contribution in [1.29, 1.82) is 0 Å². The quantitative estimate of drug-likeness (QED) is 0.344. The third-order valence-electron chi connectivity index (χ3n) is 10.3. The maximum atomic E-state index is 15.6. The van der Waals surface area contributed by atoms with E-state index in [1.54, 1.807) is 38.1 Å². The average molecular weight is 583 g/mol. The largest absolute Gasteiger partial charge is 0.490 e. The summed E-state index contributed by atoms with van der Waals surface area (Å²) < 4.78 is 37.2. The van der Waals surface area contributed by atoms with Crippen molar-refractivity contribution in [3.63, 3.8) is 0 Å². The zero-order valence-corrected chi connectivity index (χ0v) is 24.2. The first-order valence-electron chi connectivity index (χ1n) is 15.2. The molecule has 1 saturated heterocycles. The molecule has 4 atom stereocenters. The number of aliphatic carboxylic acids is 1. The van der Waals surface area contributed by atoms with E-state index in [9.17, 15) is 19.8 Å². The molecule has 4 fully saturated rings. The summed E-state index contributed by atoms with van der Waals surface area (Å²) in [6.45, 7) is 3.22. The molecule has 4 N–H and O–H groups in total. The van der Waals surface area contributed by atoms with Gasteiger partial charge in [-0.1, -0.05) is 24.6 Å². The Bertz CT molecular complexity index is 1390. The van der Waals surface area contributed by atoms with Gasteiger partial charge >= 0.3 is 5.97 Å². The van der Waals surface area contributed by atoms with E-state index >= 15 is 8.78 Å². The van der Waals surface area contributed by atoms with Gasteiger partial charge in [-0.15, -0.1) is 0 Å². The summed E-state index contributed by atoms with van der Waals surface area (Å²) in [4.78, 5) is 25.1. The molecule has 0 radical (unpaired) electrons. The van der Waals surface area contributed by atoms with Crippen molar-refractivity contribution in [1.82, 2.24) is 10.6 Å². The molecule has 6 rings (SSSR count). The standard InChI is InChI=1S/C33H40F2N2O5/c1-31(2,30(40)41)20-10-11-27(23(14-20)22-8-4-9-24(34)28(22)19-6-3-7-19)42-21-15-25(26(38)16-21)37-29(39)33(35)17-32(36-18-33)12-5-13-32/h4,8-11,14,19,21,25-26,36,38H,3,5-7,12-13,15-18H2,1-2H3,(H,37,39)(H,40,41)/t21-,25-,26+,33-/m0/s1. The van der Waals surface area contributed by atoms with Crippen molar-refractivity contribution in [2.75, 3.05) is 6.54 Å². The summed E-state index contributed by atoms with van der Waals surface area (Å²) in [5, 5.41) is 26.6. The number of halogens is 2. The Hall–Kier alpha value is -3.04. The minimum absolute atomic E-state index is 0.0268. The van der Waals surface area contributed by atoms with E-state index in [0.717, 1.165) is 38.5 Å². The fourth-order valence-corrected chi connectivity index (χ4v) is 7.04. The molecular formula is C33H40F2N2O5. The van der Waals surface area contributed by atoms with Crippen molar-refractivity contribution in [3.8, 4) is 16.9 Å². The Morgan fingerprint density at radius 3 is 2.48 bits per heavy atom. The second kappa shape index (κ2) is 10.6. The van der Waals surface area contributed by atoms with Crippen molar-refractivity contribution in [3.05, 3.63) is 53.3 Å². The minimum Gasteiger partial charge on any atom is -0.490 e. The van der Waals surface area contributed by atoms with E-state index in [2.05, 4.69) is 10.6 Å². The zero-order valence-electron chi connectivity index (χ0n) is 24.2. The van der Waals surface area contributed by atoms with Crippen molar-refractivity contribution in [2.45, 2.75) is 112 Å². The molecule has 2 aromatic rings. The maximum Gasteiger partial charge on any atom is 0.313 e. The van der Waals surface area contributed by atoms with Crippen LogP contribution in [0.1, 0.15) is 88.7 Å². The molecule has 42 heavy (non-hydrogen) atoms. The molecule has 0 unspecified atom stereocenters. The number of carbonyl (C=O) groups is 2. The van der Waals surface area contributed by atoms with Crippen LogP contribution in [0.25, 0.3) is 11.1 Å². The predicted molar refractivity (Wildman–Crippen MR) is 154 cm³/mol. The Kier molecular flexibility index (Phi) is 7.33. The van der Waals surface area contributed by atoms with E-state index < -0.39 is 41.2 Å². The third-order valence-corrected chi connectivity index (χ3v) is 10.3. The summed E-state index contributed by atoms with van der Waals surface area (Å²) in [6.07, 6.45) is 4.81. The summed E-state index contributed by atoms with van der Waals surface area (Å²) in [5.74, 6) is -1.45. The number of alkyl halides is 1. The van der Waals surface area contributed by atoms with Gasteiger partial charge in [0.25, 0.3) is 5.91 Å². The van der Waals surface area contributed by atoms with E-state index in [1.165, 1.54) is 6.07 Å². The highest BCUT2D eigenvalue weighted by molar-refractivity contribution is 5.86. The first kappa shape index (κ1) is 29.1. The molecule has 1 heterocycles. The van der Waals surface area contributed by atoms with Crippen LogP contribution in [0, 0.1) is 5.82 Å². The zero-order chi connectivity index (χ0) is 29.9. The number of nitrogens with one attached hydrogen (secondary N) is 2. The molecule has 0 aromatic heterocycles. The maximum absolute atomic E-state index is 15.6. The van der Waals surface area contributed by atoms with Gasteiger partial charge in [0.1, 0.15) is 17.7 Å². The summed E-state index contributed by atoms with van der Waals surface area (Å²) in [7, 11) is 0. The number of amides is 1. The fourth-order valence-electron chi connectivity index (χ4n) is 7.04. The number of hydrogen-bond acceptors (Lipinski definition) is 5. The molecule has 4 aliphatic rings. The van der Waals surface area contributed by atoms with Gasteiger partial charge in [-0.2, -0.15) is 0 Å². The Morgan fingerprint density at radius 2 is 1.86 bits per heavy atom. The molecule has 1 aliphatic heterocycles. The van der Waals surface area contributed by atoms with Crippen molar-refractivity contribution < 1.29 is 33.3 Å². The third kappa shape index (κ3) is 5.08. The monoisotopic (exact) mass is 582 g/mol.